The van der Waals surface area contributed by atoms with Gasteiger partial charge in [-0.15, -0.1) is 0 Å². The first kappa shape index (κ1) is 14.9. The molecule has 0 unspecified atom stereocenters. The van der Waals surface area contributed by atoms with Crippen LogP contribution < -0.4 is 5.73 Å². The number of hydrogen-bond donors (Lipinski definition) is 1. The molecule has 1 fully saturated rings. The van der Waals surface area contributed by atoms with Crippen LogP contribution in [0.3, 0.4) is 0 Å². The van der Waals surface area contributed by atoms with Crippen molar-refractivity contribution in [3.8, 4) is 0 Å². The van der Waals surface area contributed by atoms with Gasteiger partial charge in [-0.1, -0.05) is 13.0 Å². The van der Waals surface area contributed by atoms with Gasteiger partial charge in [-0.25, -0.2) is 12.8 Å². The molecule has 2 rings (SSSR count). The average molecular weight is 300 g/mol. The molecule has 5 nitrogen and oxygen atoms in total. The van der Waals surface area contributed by atoms with Gasteiger partial charge >= 0.3 is 0 Å². The Hall–Kier alpha value is -1.47. The zero-order valence-corrected chi connectivity index (χ0v) is 12.2. The van der Waals surface area contributed by atoms with Crippen molar-refractivity contribution in [1.82, 2.24) is 4.31 Å². The number of nitrogens with zero attached hydrogens (tertiary/aromatic N) is 1. The highest BCUT2D eigenvalue weighted by Gasteiger charge is 2.39. The van der Waals surface area contributed by atoms with E-state index in [4.69, 9.17) is 5.73 Å². The summed E-state index contributed by atoms with van der Waals surface area (Å²) in [5, 5.41) is 0. The number of benzene rings is 1. The number of rotatable bonds is 3. The van der Waals surface area contributed by atoms with Crippen LogP contribution in [0.2, 0.25) is 0 Å². The predicted octanol–water partition coefficient (Wildman–Crippen LogP) is 0.876. The van der Waals surface area contributed by atoms with Gasteiger partial charge in [-0.05, 0) is 30.5 Å². The molecule has 0 radical (unpaired) electrons. The molecule has 1 aliphatic heterocycles. The fraction of sp³-hybridized carbons (Fsp3) is 0.462. The van der Waals surface area contributed by atoms with Crippen molar-refractivity contribution in [3.63, 3.8) is 0 Å². The fourth-order valence-electron chi connectivity index (χ4n) is 2.37. The van der Waals surface area contributed by atoms with Gasteiger partial charge in [-0.3, -0.25) is 4.79 Å². The maximum absolute atomic E-state index is 13.5. The molecule has 110 valence electrons. The summed E-state index contributed by atoms with van der Waals surface area (Å²) in [6.07, 6.45) is 0. The topological polar surface area (TPSA) is 80.5 Å². The van der Waals surface area contributed by atoms with Crippen LogP contribution in [-0.4, -0.2) is 31.7 Å². The summed E-state index contributed by atoms with van der Waals surface area (Å²) in [5.41, 5.74) is 5.64. The number of nitrogens with two attached hydrogens (primary N) is 1. The van der Waals surface area contributed by atoms with Crippen molar-refractivity contribution >= 4 is 15.9 Å². The van der Waals surface area contributed by atoms with Crippen LogP contribution in [0.4, 0.5) is 4.39 Å². The maximum Gasteiger partial charge on any atom is 0.243 e. The Bertz CT molecular complexity index is 645. The Morgan fingerprint density at radius 3 is 2.55 bits per heavy atom. The second-order valence-corrected chi connectivity index (χ2v) is 7.16. The maximum atomic E-state index is 13.5. The highest BCUT2D eigenvalue weighted by molar-refractivity contribution is 7.89. The molecule has 0 spiro atoms. The highest BCUT2D eigenvalue weighted by Crippen LogP contribution is 2.28. The minimum absolute atomic E-state index is 0.0499. The zero-order valence-electron chi connectivity index (χ0n) is 11.3. The second kappa shape index (κ2) is 5.14. The quantitative estimate of drug-likeness (QED) is 0.899. The Morgan fingerprint density at radius 1 is 1.40 bits per heavy atom. The van der Waals surface area contributed by atoms with E-state index in [-0.39, 0.29) is 23.9 Å². The Kier molecular flexibility index (Phi) is 3.84. The molecule has 1 aromatic carbocycles. The van der Waals surface area contributed by atoms with E-state index < -0.39 is 27.7 Å². The lowest BCUT2D eigenvalue weighted by atomic mass is 9.98. The third-order valence-electron chi connectivity index (χ3n) is 3.73. The van der Waals surface area contributed by atoms with Gasteiger partial charge < -0.3 is 5.73 Å². The van der Waals surface area contributed by atoms with Crippen LogP contribution in [0.15, 0.2) is 23.1 Å². The molecule has 20 heavy (non-hydrogen) atoms. The number of aryl methyl sites for hydroxylation is 1. The molecule has 0 saturated carbocycles. The number of hydrogen-bond acceptors (Lipinski definition) is 3. The summed E-state index contributed by atoms with van der Waals surface area (Å²) < 4.78 is 39.6. The minimum atomic E-state index is -3.79. The van der Waals surface area contributed by atoms with Crippen LogP contribution in [0.1, 0.15) is 12.5 Å². The Labute approximate surface area is 117 Å². The molecule has 2 N–H and O–H groups in total. The Balaban J connectivity index is 2.32. The summed E-state index contributed by atoms with van der Waals surface area (Å²) in [4.78, 5) is 11.2. The van der Waals surface area contributed by atoms with Crippen LogP contribution in [0.25, 0.3) is 0 Å². The van der Waals surface area contributed by atoms with Crippen molar-refractivity contribution in [1.29, 1.82) is 0 Å². The summed E-state index contributed by atoms with van der Waals surface area (Å²) in [5.74, 6) is -1.72. The molecule has 0 aliphatic carbocycles. The first-order chi connectivity index (χ1) is 9.23. The number of halogens is 1. The van der Waals surface area contributed by atoms with E-state index in [0.29, 0.717) is 5.56 Å². The molecule has 7 heteroatoms. The predicted molar refractivity (Wildman–Crippen MR) is 71.7 cm³/mol. The number of carbonyl (C=O) groups excluding carboxylic acids is 1. The molecule has 1 amide bonds. The van der Waals surface area contributed by atoms with Crippen molar-refractivity contribution in [3.05, 3.63) is 29.6 Å². The second-order valence-electron chi connectivity index (χ2n) is 5.22. The van der Waals surface area contributed by atoms with E-state index in [0.717, 1.165) is 6.07 Å². The lowest BCUT2D eigenvalue weighted by Gasteiger charge is -2.16. The average Bonchev–Trinajstić information content (AvgIpc) is 2.75. The van der Waals surface area contributed by atoms with Crippen molar-refractivity contribution in [2.75, 3.05) is 13.1 Å². The van der Waals surface area contributed by atoms with Gasteiger partial charge in [0.15, 0.2) is 0 Å². The normalized spacial score (nSPS) is 23.9. The summed E-state index contributed by atoms with van der Waals surface area (Å²) in [6.45, 7) is 3.60. The van der Waals surface area contributed by atoms with Gasteiger partial charge in [0.1, 0.15) is 5.82 Å². The third kappa shape index (κ3) is 2.55. The monoisotopic (exact) mass is 300 g/mol. The molecule has 0 aromatic heterocycles. The zero-order chi connectivity index (χ0) is 15.1. The van der Waals surface area contributed by atoms with Gasteiger partial charge in [0, 0.05) is 13.1 Å². The first-order valence-electron chi connectivity index (χ1n) is 6.29. The molecule has 1 saturated heterocycles. The molecule has 1 aromatic rings. The van der Waals surface area contributed by atoms with Crippen LogP contribution >= 0.6 is 0 Å². The number of amides is 1. The van der Waals surface area contributed by atoms with Crippen LogP contribution in [-0.2, 0) is 14.8 Å². The SMILES string of the molecule is Cc1ccc(S(=O)(=O)N2C[C@@H](C)[C@H](C(N)=O)C2)cc1F. The van der Waals surface area contributed by atoms with E-state index >= 15 is 0 Å². The number of carbonyl (C=O) groups is 1. The molecule has 2 atom stereocenters. The largest absolute Gasteiger partial charge is 0.369 e. The third-order valence-corrected chi connectivity index (χ3v) is 5.55. The molecular formula is C13H17FN2O3S. The fourth-order valence-corrected chi connectivity index (χ4v) is 3.95. The van der Waals surface area contributed by atoms with E-state index in [9.17, 15) is 17.6 Å². The van der Waals surface area contributed by atoms with E-state index in [1.54, 1.807) is 13.8 Å². The number of primary amides is 1. The molecule has 1 heterocycles. The van der Waals surface area contributed by atoms with Gasteiger partial charge in [0.2, 0.25) is 15.9 Å². The van der Waals surface area contributed by atoms with E-state index in [1.165, 1.54) is 16.4 Å². The van der Waals surface area contributed by atoms with E-state index in [1.807, 2.05) is 0 Å². The number of sulfonamides is 1. The minimum Gasteiger partial charge on any atom is -0.369 e. The van der Waals surface area contributed by atoms with Gasteiger partial charge in [0.25, 0.3) is 0 Å². The van der Waals surface area contributed by atoms with Gasteiger partial charge in [-0.2, -0.15) is 4.31 Å². The standard InChI is InChI=1S/C13H17FN2O3S/c1-8-3-4-10(5-12(8)14)20(18,19)16-6-9(2)11(7-16)13(15)17/h3-5,9,11H,6-7H2,1-2H3,(H2,15,17)/t9-,11-/m1/s1. The van der Waals surface area contributed by atoms with Crippen molar-refractivity contribution in [2.24, 2.45) is 17.6 Å². The smallest absolute Gasteiger partial charge is 0.243 e. The lowest BCUT2D eigenvalue weighted by Crippen LogP contribution is -2.32. The van der Waals surface area contributed by atoms with E-state index in [2.05, 4.69) is 0 Å². The Morgan fingerprint density at radius 2 is 2.05 bits per heavy atom. The molecular weight excluding hydrogens is 283 g/mol. The summed E-state index contributed by atoms with van der Waals surface area (Å²) in [7, 11) is -3.79. The molecule has 0 bridgehead atoms. The molecule has 1 aliphatic rings. The van der Waals surface area contributed by atoms with Crippen molar-refractivity contribution in [2.45, 2.75) is 18.7 Å². The van der Waals surface area contributed by atoms with Crippen molar-refractivity contribution < 1.29 is 17.6 Å². The lowest BCUT2D eigenvalue weighted by molar-refractivity contribution is -0.122. The highest BCUT2D eigenvalue weighted by atomic mass is 32.2. The van der Waals surface area contributed by atoms with Crippen LogP contribution in [0.5, 0.6) is 0 Å². The summed E-state index contributed by atoms with van der Waals surface area (Å²) >= 11 is 0. The van der Waals surface area contributed by atoms with Gasteiger partial charge in [0.05, 0.1) is 10.8 Å². The summed E-state index contributed by atoms with van der Waals surface area (Å²) in [6, 6.07) is 3.80. The van der Waals surface area contributed by atoms with Crippen LogP contribution in [0, 0.1) is 24.6 Å². The first-order valence-corrected chi connectivity index (χ1v) is 7.73.